The van der Waals surface area contributed by atoms with Crippen LogP contribution in [-0.2, 0) is 0 Å². The van der Waals surface area contributed by atoms with Gasteiger partial charge in [0.25, 0.3) is 0 Å². The van der Waals surface area contributed by atoms with Crippen molar-refractivity contribution in [2.24, 2.45) is 11.8 Å². The van der Waals surface area contributed by atoms with Crippen molar-refractivity contribution in [3.63, 3.8) is 0 Å². The van der Waals surface area contributed by atoms with E-state index in [1.165, 1.54) is 89.9 Å². The first-order valence-electron chi connectivity index (χ1n) is 9.68. The summed E-state index contributed by atoms with van der Waals surface area (Å²) in [4.78, 5) is 0. The molecule has 0 saturated carbocycles. The molecule has 0 aromatic carbocycles. The second-order valence-electron chi connectivity index (χ2n) is 7.25. The van der Waals surface area contributed by atoms with Gasteiger partial charge < -0.3 is 0 Å². The van der Waals surface area contributed by atoms with Crippen molar-refractivity contribution >= 4 is 0 Å². The predicted molar refractivity (Wildman–Crippen MR) is 94.3 cm³/mol. The van der Waals surface area contributed by atoms with Gasteiger partial charge in [-0.3, -0.25) is 0 Å². The fraction of sp³-hybridized carbons (Fsp3) is 1.00. The van der Waals surface area contributed by atoms with E-state index in [9.17, 15) is 0 Å². The van der Waals surface area contributed by atoms with Gasteiger partial charge in [0.1, 0.15) is 0 Å². The van der Waals surface area contributed by atoms with Gasteiger partial charge in [-0.2, -0.15) is 0 Å². The van der Waals surface area contributed by atoms with E-state index >= 15 is 0 Å². The van der Waals surface area contributed by atoms with E-state index in [-0.39, 0.29) is 0 Å². The van der Waals surface area contributed by atoms with Crippen molar-refractivity contribution < 1.29 is 0 Å². The second kappa shape index (κ2) is 15.4. The third-order valence-electron chi connectivity index (χ3n) is 4.90. The average Bonchev–Trinajstić information content (AvgIpc) is 2.43. The Balaban J connectivity index is 3.03. The van der Waals surface area contributed by atoms with Crippen molar-refractivity contribution in [3.05, 3.63) is 0 Å². The topological polar surface area (TPSA) is 0 Å². The van der Waals surface area contributed by atoms with Crippen molar-refractivity contribution in [3.8, 4) is 0 Å². The second-order valence-corrected chi connectivity index (χ2v) is 7.25. The fourth-order valence-electron chi connectivity index (χ4n) is 2.82. The summed E-state index contributed by atoms with van der Waals surface area (Å²) in [5.74, 6) is 1.79. The summed E-state index contributed by atoms with van der Waals surface area (Å²) in [5.41, 5.74) is 0. The lowest BCUT2D eigenvalue weighted by Crippen LogP contribution is -2.03. The Bertz CT molecular complexity index is 171. The summed E-state index contributed by atoms with van der Waals surface area (Å²) in [6, 6.07) is 0. The molecule has 0 amide bonds. The molecule has 0 heteroatoms. The Hall–Kier alpha value is 0. The van der Waals surface area contributed by atoms with Gasteiger partial charge in [0, 0.05) is 0 Å². The molecule has 0 aromatic rings. The van der Waals surface area contributed by atoms with Crippen molar-refractivity contribution in [2.45, 2.75) is 118 Å². The van der Waals surface area contributed by atoms with Gasteiger partial charge >= 0.3 is 0 Å². The smallest absolute Gasteiger partial charge is 0.0420 e. The number of rotatable bonds is 15. The maximum Gasteiger partial charge on any atom is -0.0420 e. The normalized spacial score (nSPS) is 13.1. The predicted octanol–water partition coefficient (Wildman–Crippen LogP) is 7.76. The third kappa shape index (κ3) is 14.4. The molecule has 0 rings (SSSR count). The standard InChI is InChI=1S/C20H42/c1-5-6-7-8-9-10-11-12-13-14-15-16-17-18-20(4)19(2)3/h19-20H,5-18H2,1-4H3/t20-/m1/s1. The molecule has 0 aliphatic heterocycles. The van der Waals surface area contributed by atoms with Crippen molar-refractivity contribution in [2.75, 3.05) is 0 Å². The molecule has 0 fully saturated rings. The van der Waals surface area contributed by atoms with Gasteiger partial charge in [0.15, 0.2) is 0 Å². The highest BCUT2D eigenvalue weighted by Gasteiger charge is 2.05. The number of unbranched alkanes of at least 4 members (excludes halogenated alkanes) is 12. The van der Waals surface area contributed by atoms with E-state index in [4.69, 9.17) is 0 Å². The van der Waals surface area contributed by atoms with Crippen LogP contribution in [0.1, 0.15) is 118 Å². The number of hydrogen-bond donors (Lipinski definition) is 0. The zero-order valence-electron chi connectivity index (χ0n) is 15.1. The highest BCUT2D eigenvalue weighted by molar-refractivity contribution is 4.57. The summed E-state index contributed by atoms with van der Waals surface area (Å²) in [6.07, 6.45) is 20.5. The molecule has 0 saturated heterocycles. The first-order valence-corrected chi connectivity index (χ1v) is 9.68. The van der Waals surface area contributed by atoms with E-state index in [2.05, 4.69) is 27.7 Å². The van der Waals surface area contributed by atoms with Crippen LogP contribution in [0.3, 0.4) is 0 Å². The molecule has 0 bridgehead atoms. The SMILES string of the molecule is CCCCCCCCCCCCCCC[C@@H](C)C(C)C. The van der Waals surface area contributed by atoms with Crippen LogP contribution in [-0.4, -0.2) is 0 Å². The lowest BCUT2D eigenvalue weighted by atomic mass is 9.92. The van der Waals surface area contributed by atoms with Crippen LogP contribution in [0.15, 0.2) is 0 Å². The maximum absolute atomic E-state index is 2.41. The minimum atomic E-state index is 0.868. The van der Waals surface area contributed by atoms with E-state index in [0.717, 1.165) is 11.8 Å². The molecular weight excluding hydrogens is 240 g/mol. The van der Waals surface area contributed by atoms with Gasteiger partial charge in [0.2, 0.25) is 0 Å². The summed E-state index contributed by atoms with van der Waals surface area (Å²) in [5, 5.41) is 0. The molecule has 0 aliphatic rings. The average molecular weight is 283 g/mol. The highest BCUT2D eigenvalue weighted by atomic mass is 14.1. The van der Waals surface area contributed by atoms with E-state index in [1.807, 2.05) is 0 Å². The number of hydrogen-bond acceptors (Lipinski definition) is 0. The zero-order valence-corrected chi connectivity index (χ0v) is 15.1. The van der Waals surface area contributed by atoms with Crippen molar-refractivity contribution in [1.82, 2.24) is 0 Å². The lowest BCUT2D eigenvalue weighted by Gasteiger charge is -2.14. The fourth-order valence-corrected chi connectivity index (χ4v) is 2.82. The molecular formula is C20H42. The Labute approximate surface area is 130 Å². The summed E-state index contributed by atoms with van der Waals surface area (Å²) < 4.78 is 0. The third-order valence-corrected chi connectivity index (χ3v) is 4.90. The summed E-state index contributed by atoms with van der Waals surface area (Å²) in [6.45, 7) is 9.41. The van der Waals surface area contributed by atoms with Crippen LogP contribution in [0, 0.1) is 11.8 Å². The Kier molecular flexibility index (Phi) is 15.4. The van der Waals surface area contributed by atoms with Crippen LogP contribution in [0.4, 0.5) is 0 Å². The molecule has 1 atom stereocenters. The minimum absolute atomic E-state index is 0.868. The molecule has 0 heterocycles. The van der Waals surface area contributed by atoms with E-state index < -0.39 is 0 Å². The van der Waals surface area contributed by atoms with Crippen LogP contribution in [0.5, 0.6) is 0 Å². The van der Waals surface area contributed by atoms with E-state index in [1.54, 1.807) is 0 Å². The zero-order chi connectivity index (χ0) is 15.1. The van der Waals surface area contributed by atoms with Crippen LogP contribution >= 0.6 is 0 Å². The first-order chi connectivity index (χ1) is 9.68. The van der Waals surface area contributed by atoms with Gasteiger partial charge in [-0.1, -0.05) is 118 Å². The van der Waals surface area contributed by atoms with E-state index in [0.29, 0.717) is 0 Å². The summed E-state index contributed by atoms with van der Waals surface area (Å²) >= 11 is 0. The molecule has 0 unspecified atom stereocenters. The van der Waals surface area contributed by atoms with Crippen molar-refractivity contribution in [1.29, 1.82) is 0 Å². The van der Waals surface area contributed by atoms with Crippen LogP contribution in [0.2, 0.25) is 0 Å². The van der Waals surface area contributed by atoms with Gasteiger partial charge in [-0.25, -0.2) is 0 Å². The Morgan fingerprint density at radius 1 is 0.500 bits per heavy atom. The Morgan fingerprint density at radius 2 is 0.850 bits per heavy atom. The minimum Gasteiger partial charge on any atom is -0.0654 e. The van der Waals surface area contributed by atoms with Crippen LogP contribution < -0.4 is 0 Å². The first kappa shape index (κ1) is 20.0. The molecule has 20 heavy (non-hydrogen) atoms. The monoisotopic (exact) mass is 282 g/mol. The van der Waals surface area contributed by atoms with Crippen LogP contribution in [0.25, 0.3) is 0 Å². The van der Waals surface area contributed by atoms with Gasteiger partial charge in [-0.05, 0) is 11.8 Å². The Morgan fingerprint density at radius 3 is 1.20 bits per heavy atom. The van der Waals surface area contributed by atoms with Gasteiger partial charge in [0.05, 0.1) is 0 Å². The summed E-state index contributed by atoms with van der Waals surface area (Å²) in [7, 11) is 0. The molecule has 0 aliphatic carbocycles. The molecule has 122 valence electrons. The largest absolute Gasteiger partial charge is 0.0654 e. The molecule has 0 spiro atoms. The quantitative estimate of drug-likeness (QED) is 0.269. The maximum atomic E-state index is 2.41. The van der Waals surface area contributed by atoms with Gasteiger partial charge in [-0.15, -0.1) is 0 Å². The highest BCUT2D eigenvalue weighted by Crippen LogP contribution is 2.18. The molecule has 0 aromatic heterocycles. The molecule has 0 nitrogen and oxygen atoms in total. The molecule has 0 radical (unpaired) electrons. The lowest BCUT2D eigenvalue weighted by molar-refractivity contribution is 0.374. The molecule has 0 N–H and O–H groups in total.